The quantitative estimate of drug-likeness (QED) is 0.221. The van der Waals surface area contributed by atoms with Crippen LogP contribution in [-0.2, 0) is 28.0 Å². The summed E-state index contributed by atoms with van der Waals surface area (Å²) in [6.45, 7) is 2.24. The van der Waals surface area contributed by atoms with Crippen molar-refractivity contribution in [1.82, 2.24) is 10.8 Å². The van der Waals surface area contributed by atoms with Crippen molar-refractivity contribution in [2.45, 2.75) is 41.3 Å². The van der Waals surface area contributed by atoms with Crippen LogP contribution in [0.2, 0.25) is 0 Å². The van der Waals surface area contributed by atoms with Gasteiger partial charge >= 0.3 is 0 Å². The maximum atomic E-state index is 13.8. The molecule has 3 aromatic rings. The van der Waals surface area contributed by atoms with E-state index >= 15 is 0 Å². The fourth-order valence-corrected chi connectivity index (χ4v) is 5.22. The van der Waals surface area contributed by atoms with Gasteiger partial charge in [0.1, 0.15) is 17.4 Å². The normalized spacial score (nSPS) is 14.7. The van der Waals surface area contributed by atoms with Gasteiger partial charge in [-0.25, -0.2) is 13.1 Å². The van der Waals surface area contributed by atoms with Gasteiger partial charge in [-0.15, -0.1) is 0 Å². The molecular weight excluding hydrogens is 506 g/mol. The first kappa shape index (κ1) is 28.2. The van der Waals surface area contributed by atoms with Gasteiger partial charge in [-0.1, -0.05) is 24.3 Å². The van der Waals surface area contributed by atoms with E-state index in [1.54, 1.807) is 44.6 Å². The summed E-state index contributed by atoms with van der Waals surface area (Å²) in [5.74, 6) is -0.671. The maximum absolute atomic E-state index is 13.8. The topological polar surface area (TPSA) is 79.8 Å². The number of ether oxygens (including phenoxy) is 1. The highest BCUT2D eigenvalue weighted by Crippen LogP contribution is 2.26. The van der Waals surface area contributed by atoms with Crippen LogP contribution in [0.1, 0.15) is 18.1 Å². The molecule has 3 atom stereocenters. The van der Waals surface area contributed by atoms with Gasteiger partial charge in [-0.3, -0.25) is 4.21 Å². The molecule has 3 aromatic carbocycles. The lowest BCUT2D eigenvalue weighted by Crippen LogP contribution is -2.54. The molecular formula is C26H30F2N2O4S2. The zero-order valence-corrected chi connectivity index (χ0v) is 21.9. The van der Waals surface area contributed by atoms with Crippen molar-refractivity contribution < 1.29 is 27.1 Å². The summed E-state index contributed by atoms with van der Waals surface area (Å²) >= 11 is 0.964. The third kappa shape index (κ3) is 8.36. The molecule has 0 radical (unpaired) electrons. The van der Waals surface area contributed by atoms with E-state index in [4.69, 9.17) is 9.02 Å². The number of halogens is 2. The molecule has 0 aliphatic rings. The van der Waals surface area contributed by atoms with Crippen LogP contribution in [0.15, 0.2) is 76.5 Å². The van der Waals surface area contributed by atoms with E-state index in [9.17, 15) is 18.1 Å². The minimum absolute atomic E-state index is 0.0877. The second-order valence-electron chi connectivity index (χ2n) is 8.53. The number of aliphatic hydroxyl groups is 1. The van der Waals surface area contributed by atoms with Crippen molar-refractivity contribution >= 4 is 22.8 Å². The molecule has 10 heteroatoms. The van der Waals surface area contributed by atoms with Gasteiger partial charge in [0.25, 0.3) is 0 Å². The number of methoxy groups -OCH3 is 1. The third-order valence-corrected chi connectivity index (χ3v) is 7.36. The number of rotatable bonds is 13. The highest BCUT2D eigenvalue weighted by molar-refractivity contribution is 7.95. The average molecular weight is 537 g/mol. The molecule has 0 bridgehead atoms. The minimum atomic E-state index is -1.38. The van der Waals surface area contributed by atoms with E-state index in [1.807, 2.05) is 24.3 Å². The molecule has 0 aliphatic carbocycles. The summed E-state index contributed by atoms with van der Waals surface area (Å²) in [6, 6.07) is 17.1. The zero-order chi connectivity index (χ0) is 26.1. The lowest BCUT2D eigenvalue weighted by Gasteiger charge is -2.33. The molecule has 6 nitrogen and oxygen atoms in total. The predicted molar refractivity (Wildman–Crippen MR) is 138 cm³/mol. The molecule has 0 amide bonds. The van der Waals surface area contributed by atoms with Crippen molar-refractivity contribution in [2.24, 2.45) is 0 Å². The Bertz CT molecular complexity index is 1160. The smallest absolute Gasteiger partial charge is 0.126 e. The van der Waals surface area contributed by atoms with Gasteiger partial charge in [0.2, 0.25) is 0 Å². The fraction of sp³-hybridized carbons (Fsp3) is 0.308. The van der Waals surface area contributed by atoms with Crippen molar-refractivity contribution in [3.05, 3.63) is 89.5 Å². The lowest BCUT2D eigenvalue weighted by molar-refractivity contribution is -0.0153. The minimum Gasteiger partial charge on any atom is -0.497 e. The third-order valence-electron chi connectivity index (χ3n) is 5.54. The van der Waals surface area contributed by atoms with Crippen molar-refractivity contribution in [3.8, 4) is 5.75 Å². The Morgan fingerprint density at radius 2 is 1.78 bits per heavy atom. The second kappa shape index (κ2) is 13.3. The van der Waals surface area contributed by atoms with E-state index in [0.29, 0.717) is 21.9 Å². The van der Waals surface area contributed by atoms with Crippen LogP contribution in [0, 0.1) is 11.6 Å². The molecule has 3 N–H and O–H groups in total. The van der Waals surface area contributed by atoms with E-state index < -0.39 is 34.1 Å². The average Bonchev–Trinajstić information content (AvgIpc) is 2.83. The number of benzene rings is 3. The second-order valence-corrected chi connectivity index (χ2v) is 10.7. The molecule has 3 rings (SSSR count). The number of hydroxylamine groups is 1. The number of hydrogen-bond donors (Lipinski definition) is 3. The Morgan fingerprint density at radius 3 is 2.47 bits per heavy atom. The summed E-state index contributed by atoms with van der Waals surface area (Å²) in [5.41, 5.74) is 2.79. The SMILES string of the molecule is COc1cccc(CNCC(C)(O)C(Cc2cc(F)cc(F)c2)NOSc2ccccc2S(C)=O)c1. The molecule has 0 aromatic heterocycles. The molecule has 194 valence electrons. The summed E-state index contributed by atoms with van der Waals surface area (Å²) in [5, 5.41) is 14.5. The highest BCUT2D eigenvalue weighted by Gasteiger charge is 2.32. The Kier molecular flexibility index (Phi) is 10.4. The van der Waals surface area contributed by atoms with Gasteiger partial charge in [-0.05, 0) is 60.9 Å². The zero-order valence-electron chi connectivity index (χ0n) is 20.3. The first-order valence-corrected chi connectivity index (χ1v) is 13.5. The monoisotopic (exact) mass is 536 g/mol. The predicted octanol–water partition coefficient (Wildman–Crippen LogP) is 4.39. The van der Waals surface area contributed by atoms with Gasteiger partial charge in [-0.2, -0.15) is 5.48 Å². The van der Waals surface area contributed by atoms with Crippen LogP contribution >= 0.6 is 12.0 Å². The first-order valence-electron chi connectivity index (χ1n) is 11.2. The van der Waals surface area contributed by atoms with Crippen molar-refractivity contribution in [3.63, 3.8) is 0 Å². The van der Waals surface area contributed by atoms with Crippen LogP contribution in [-0.4, -0.2) is 40.9 Å². The molecule has 0 spiro atoms. The first-order chi connectivity index (χ1) is 17.2. The molecule has 3 unspecified atom stereocenters. The van der Waals surface area contributed by atoms with E-state index in [0.717, 1.165) is 29.4 Å². The van der Waals surface area contributed by atoms with Gasteiger partial charge < -0.3 is 15.2 Å². The van der Waals surface area contributed by atoms with Gasteiger partial charge in [0, 0.05) is 25.4 Å². The number of hydrogen-bond acceptors (Lipinski definition) is 7. The van der Waals surface area contributed by atoms with Crippen LogP contribution in [0.5, 0.6) is 5.75 Å². The Morgan fingerprint density at radius 1 is 1.06 bits per heavy atom. The summed E-state index contributed by atoms with van der Waals surface area (Å²) < 4.78 is 50.5. The van der Waals surface area contributed by atoms with Crippen LogP contribution in [0.4, 0.5) is 8.78 Å². The highest BCUT2D eigenvalue weighted by atomic mass is 32.2. The van der Waals surface area contributed by atoms with Crippen molar-refractivity contribution in [2.75, 3.05) is 19.9 Å². The number of nitrogens with one attached hydrogen (secondary N) is 2. The molecule has 0 aliphatic heterocycles. The summed E-state index contributed by atoms with van der Waals surface area (Å²) in [7, 11) is 0.381. The van der Waals surface area contributed by atoms with E-state index in [2.05, 4.69) is 10.8 Å². The largest absolute Gasteiger partial charge is 0.497 e. The Balaban J connectivity index is 1.71. The van der Waals surface area contributed by atoms with Crippen LogP contribution in [0.25, 0.3) is 0 Å². The van der Waals surface area contributed by atoms with Crippen LogP contribution < -0.4 is 15.5 Å². The van der Waals surface area contributed by atoms with Gasteiger partial charge in [0.15, 0.2) is 0 Å². The van der Waals surface area contributed by atoms with Crippen molar-refractivity contribution in [1.29, 1.82) is 0 Å². The maximum Gasteiger partial charge on any atom is 0.126 e. The molecule has 36 heavy (non-hydrogen) atoms. The van der Waals surface area contributed by atoms with E-state index in [-0.39, 0.29) is 13.0 Å². The molecule has 0 fully saturated rings. The standard InChI is InChI=1S/C26H30F2N2O4S2/c1-26(31,17-29-16-18-7-6-8-22(13-18)33-2)25(14-19-11-20(27)15-21(28)12-19)30-34-35-23-9-4-5-10-24(23)36(3)32/h4-13,15,25,29-31H,14,16-17H2,1-3H3. The molecule has 0 saturated heterocycles. The van der Waals surface area contributed by atoms with Crippen LogP contribution in [0.3, 0.4) is 0 Å². The Labute approximate surface area is 217 Å². The summed E-state index contributed by atoms with van der Waals surface area (Å²) in [4.78, 5) is 1.26. The Hall–Kier alpha value is -2.34. The lowest BCUT2D eigenvalue weighted by atomic mass is 9.91. The van der Waals surface area contributed by atoms with E-state index in [1.165, 1.54) is 12.1 Å². The fourth-order valence-electron chi connectivity index (χ4n) is 3.60. The molecule has 0 heterocycles. The van der Waals surface area contributed by atoms with Gasteiger partial charge in [0.05, 0.1) is 51.4 Å². The molecule has 0 saturated carbocycles. The summed E-state index contributed by atoms with van der Waals surface area (Å²) in [6.07, 6.45) is 1.66.